The van der Waals surface area contributed by atoms with Crippen LogP contribution in [0.1, 0.15) is 28.5 Å². The van der Waals surface area contributed by atoms with E-state index in [0.717, 1.165) is 23.1 Å². The Kier molecular flexibility index (Phi) is 6.54. The van der Waals surface area contributed by atoms with E-state index in [4.69, 9.17) is 0 Å². The van der Waals surface area contributed by atoms with Crippen LogP contribution in [0.3, 0.4) is 0 Å². The minimum absolute atomic E-state index is 0.134. The second-order valence-corrected chi connectivity index (χ2v) is 8.51. The zero-order chi connectivity index (χ0) is 16.8. The van der Waals surface area contributed by atoms with E-state index >= 15 is 0 Å². The van der Waals surface area contributed by atoms with Gasteiger partial charge in [-0.1, -0.05) is 29.8 Å². The fourth-order valence-electron chi connectivity index (χ4n) is 2.26. The highest BCUT2D eigenvalue weighted by atomic mass is 32.2. The van der Waals surface area contributed by atoms with Crippen molar-refractivity contribution >= 4 is 28.0 Å². The lowest BCUT2D eigenvalue weighted by molar-refractivity contribution is -0.120. The van der Waals surface area contributed by atoms with E-state index in [1.165, 1.54) is 4.88 Å². The van der Waals surface area contributed by atoms with Crippen LogP contribution in [0.2, 0.25) is 0 Å². The number of carbonyl (C=O) groups is 1. The maximum absolute atomic E-state index is 12.5. The molecule has 0 radical (unpaired) electrons. The zero-order valence-electron chi connectivity index (χ0n) is 13.8. The van der Waals surface area contributed by atoms with Gasteiger partial charge in [-0.15, -0.1) is 11.3 Å². The molecule has 3 nitrogen and oxygen atoms in total. The number of nitrogens with one attached hydrogen (secondary N) is 1. The lowest BCUT2D eigenvalue weighted by atomic mass is 10.1. The lowest BCUT2D eigenvalue weighted by Gasteiger charge is -2.13. The number of thiophene rings is 1. The number of hydrogen-bond donors (Lipinski definition) is 1. The third kappa shape index (κ3) is 5.29. The molecule has 23 heavy (non-hydrogen) atoms. The molecule has 1 aromatic carbocycles. The summed E-state index contributed by atoms with van der Waals surface area (Å²) in [7, 11) is -1.21. The van der Waals surface area contributed by atoms with E-state index in [1.54, 1.807) is 18.3 Å². The Hall–Kier alpha value is -1.46. The highest BCUT2D eigenvalue weighted by Gasteiger charge is 2.20. The van der Waals surface area contributed by atoms with Crippen molar-refractivity contribution in [2.45, 2.75) is 38.2 Å². The van der Waals surface area contributed by atoms with Gasteiger partial charge in [0.05, 0.1) is 0 Å². The summed E-state index contributed by atoms with van der Waals surface area (Å²) >= 11 is 1.68. The molecule has 1 heterocycles. The van der Waals surface area contributed by atoms with Gasteiger partial charge in [0.1, 0.15) is 5.25 Å². The molecule has 2 aromatic rings. The summed E-state index contributed by atoms with van der Waals surface area (Å²) in [6, 6.07) is 10.2. The van der Waals surface area contributed by atoms with Gasteiger partial charge >= 0.3 is 0 Å². The predicted molar refractivity (Wildman–Crippen MR) is 98.3 cm³/mol. The van der Waals surface area contributed by atoms with E-state index in [1.807, 2.05) is 37.4 Å². The van der Waals surface area contributed by atoms with Gasteiger partial charge in [0.2, 0.25) is 5.91 Å². The minimum atomic E-state index is -1.21. The van der Waals surface area contributed by atoms with Crippen molar-refractivity contribution in [1.82, 2.24) is 5.32 Å². The van der Waals surface area contributed by atoms with Gasteiger partial charge < -0.3 is 5.32 Å². The van der Waals surface area contributed by atoms with Gasteiger partial charge in [0.15, 0.2) is 0 Å². The van der Waals surface area contributed by atoms with E-state index in [2.05, 4.69) is 17.4 Å². The van der Waals surface area contributed by atoms with Crippen LogP contribution in [0, 0.1) is 13.8 Å². The smallest absolute Gasteiger partial charge is 0.235 e. The summed E-state index contributed by atoms with van der Waals surface area (Å²) < 4.78 is 12.5. The molecule has 2 unspecified atom stereocenters. The molecule has 2 rings (SSSR count). The number of rotatable bonds is 7. The number of aryl methyl sites for hydroxylation is 2. The Morgan fingerprint density at radius 1 is 1.30 bits per heavy atom. The first-order valence-corrected chi connectivity index (χ1v) is 9.97. The van der Waals surface area contributed by atoms with Crippen LogP contribution >= 0.6 is 11.3 Å². The van der Waals surface area contributed by atoms with Crippen molar-refractivity contribution in [2.24, 2.45) is 0 Å². The molecule has 2 atom stereocenters. The second kappa shape index (κ2) is 8.41. The molecule has 1 aromatic heterocycles. The Labute approximate surface area is 144 Å². The molecular weight excluding hydrogens is 326 g/mol. The van der Waals surface area contributed by atoms with Crippen LogP contribution < -0.4 is 5.32 Å². The Balaban J connectivity index is 1.85. The van der Waals surface area contributed by atoms with E-state index in [9.17, 15) is 9.00 Å². The number of hydrogen-bond acceptors (Lipinski definition) is 3. The number of amides is 1. The molecule has 0 bridgehead atoms. The maximum Gasteiger partial charge on any atom is 0.235 e. The van der Waals surface area contributed by atoms with E-state index < -0.39 is 16.0 Å². The average molecular weight is 350 g/mol. The van der Waals surface area contributed by atoms with Crippen molar-refractivity contribution in [3.63, 3.8) is 0 Å². The molecule has 5 heteroatoms. The lowest BCUT2D eigenvalue weighted by Crippen LogP contribution is -2.36. The molecule has 0 aliphatic carbocycles. The van der Waals surface area contributed by atoms with Crippen LogP contribution in [0.15, 0.2) is 35.7 Å². The van der Waals surface area contributed by atoms with Crippen LogP contribution in [-0.4, -0.2) is 21.9 Å². The Morgan fingerprint density at radius 2 is 2.09 bits per heavy atom. The summed E-state index contributed by atoms with van der Waals surface area (Å²) in [6.07, 6.45) is 0.819. The summed E-state index contributed by atoms with van der Waals surface area (Å²) in [5, 5.41) is 4.41. The maximum atomic E-state index is 12.5. The van der Waals surface area contributed by atoms with Crippen molar-refractivity contribution in [3.05, 3.63) is 57.3 Å². The molecule has 0 aliphatic heterocycles. The molecule has 0 saturated heterocycles. The van der Waals surface area contributed by atoms with Crippen molar-refractivity contribution in [3.8, 4) is 0 Å². The molecule has 0 spiro atoms. The number of carbonyl (C=O) groups excluding carboxylic acids is 1. The summed E-state index contributed by atoms with van der Waals surface area (Å²) in [4.78, 5) is 13.4. The normalized spacial score (nSPS) is 13.5. The van der Waals surface area contributed by atoms with Crippen molar-refractivity contribution in [2.75, 3.05) is 6.54 Å². The van der Waals surface area contributed by atoms with Gasteiger partial charge in [0, 0.05) is 28.0 Å². The first kappa shape index (κ1) is 17.9. The van der Waals surface area contributed by atoms with Crippen LogP contribution in [0.25, 0.3) is 0 Å². The van der Waals surface area contributed by atoms with E-state index in [0.29, 0.717) is 12.3 Å². The Morgan fingerprint density at radius 3 is 2.78 bits per heavy atom. The van der Waals surface area contributed by atoms with Gasteiger partial charge in [-0.2, -0.15) is 0 Å². The SMILES string of the molecule is Cc1ccc(C)c(CS(=O)C(C)C(=O)NCCc2cccs2)c1. The van der Waals surface area contributed by atoms with Crippen LogP contribution in [-0.2, 0) is 27.8 Å². The van der Waals surface area contributed by atoms with Gasteiger partial charge in [-0.25, -0.2) is 0 Å². The summed E-state index contributed by atoms with van der Waals surface area (Å²) in [5.41, 5.74) is 3.33. The summed E-state index contributed by atoms with van der Waals surface area (Å²) in [5.74, 6) is 0.290. The highest BCUT2D eigenvalue weighted by Crippen LogP contribution is 2.15. The topological polar surface area (TPSA) is 46.2 Å². The van der Waals surface area contributed by atoms with E-state index in [-0.39, 0.29) is 5.91 Å². The minimum Gasteiger partial charge on any atom is -0.355 e. The quantitative estimate of drug-likeness (QED) is 0.833. The third-order valence-electron chi connectivity index (χ3n) is 3.82. The predicted octanol–water partition coefficient (Wildman–Crippen LogP) is 3.36. The van der Waals surface area contributed by atoms with Crippen LogP contribution in [0.4, 0.5) is 0 Å². The van der Waals surface area contributed by atoms with Crippen LogP contribution in [0.5, 0.6) is 0 Å². The highest BCUT2D eigenvalue weighted by molar-refractivity contribution is 7.85. The Bertz CT molecular complexity index is 680. The van der Waals surface area contributed by atoms with Crippen molar-refractivity contribution in [1.29, 1.82) is 0 Å². The monoisotopic (exact) mass is 349 g/mol. The molecule has 1 amide bonds. The molecule has 124 valence electrons. The fraction of sp³-hybridized carbons (Fsp3) is 0.389. The largest absolute Gasteiger partial charge is 0.355 e. The third-order valence-corrected chi connectivity index (χ3v) is 6.35. The molecule has 1 N–H and O–H groups in total. The summed E-state index contributed by atoms with van der Waals surface area (Å²) in [6.45, 7) is 6.36. The van der Waals surface area contributed by atoms with Gasteiger partial charge in [-0.3, -0.25) is 9.00 Å². The fourth-order valence-corrected chi connectivity index (χ4v) is 4.16. The molecule has 0 aliphatic rings. The zero-order valence-corrected chi connectivity index (χ0v) is 15.4. The second-order valence-electron chi connectivity index (χ2n) is 5.72. The standard InChI is InChI=1S/C18H23NO2S2/c1-13-6-7-14(2)16(11-13)12-23(21)15(3)18(20)19-9-8-17-5-4-10-22-17/h4-7,10-11,15H,8-9,12H2,1-3H3,(H,19,20). The van der Waals surface area contributed by atoms with Gasteiger partial charge in [0.25, 0.3) is 0 Å². The van der Waals surface area contributed by atoms with Gasteiger partial charge in [-0.05, 0) is 49.8 Å². The molecule has 0 fully saturated rings. The number of benzene rings is 1. The molecular formula is C18H23NO2S2. The average Bonchev–Trinajstić information content (AvgIpc) is 3.03. The molecule has 0 saturated carbocycles. The van der Waals surface area contributed by atoms with Crippen molar-refractivity contribution < 1.29 is 9.00 Å². The first-order chi connectivity index (χ1) is 11.0. The first-order valence-electron chi connectivity index (χ1n) is 7.71.